The van der Waals surface area contributed by atoms with E-state index in [2.05, 4.69) is 34.1 Å². The number of fused-ring (bicyclic) bond motifs is 1. The second kappa shape index (κ2) is 9.09. The standard InChI is InChI=1S/C23H26N4O3/c28-21(11-13-27-20-9-5-4-8-19(20)22(29)24-23(27)30)26-16-14-25(15-17-26)12-10-18-6-2-1-3-7-18/h1-9H,10-17H2,(H,24,29,30). The number of carbonyl (C=O) groups excluding carboxylic acids is 1. The lowest BCUT2D eigenvalue weighted by Gasteiger charge is -2.34. The van der Waals surface area contributed by atoms with E-state index >= 15 is 0 Å². The van der Waals surface area contributed by atoms with Crippen LogP contribution in [0.15, 0.2) is 64.2 Å². The smallest absolute Gasteiger partial charge is 0.328 e. The number of H-pyrrole nitrogens is 1. The average molecular weight is 406 g/mol. The molecular weight excluding hydrogens is 380 g/mol. The van der Waals surface area contributed by atoms with Gasteiger partial charge in [0.15, 0.2) is 0 Å². The molecule has 0 spiro atoms. The predicted octanol–water partition coefficient (Wildman–Crippen LogP) is 1.47. The van der Waals surface area contributed by atoms with Crippen LogP contribution in [0.3, 0.4) is 0 Å². The van der Waals surface area contributed by atoms with Gasteiger partial charge in [-0.05, 0) is 24.1 Å². The third-order valence-corrected chi connectivity index (χ3v) is 5.74. The zero-order chi connectivity index (χ0) is 20.9. The highest BCUT2D eigenvalue weighted by Gasteiger charge is 2.21. The van der Waals surface area contributed by atoms with Crippen LogP contribution < -0.4 is 11.2 Å². The summed E-state index contributed by atoms with van der Waals surface area (Å²) in [7, 11) is 0. The van der Waals surface area contributed by atoms with E-state index in [0.29, 0.717) is 24.0 Å². The van der Waals surface area contributed by atoms with Crippen LogP contribution in [0.25, 0.3) is 10.9 Å². The molecule has 0 bridgehead atoms. The maximum absolute atomic E-state index is 12.7. The van der Waals surface area contributed by atoms with Gasteiger partial charge in [0.05, 0.1) is 10.9 Å². The fourth-order valence-corrected chi connectivity index (χ4v) is 3.98. The molecule has 0 saturated carbocycles. The molecule has 4 rings (SSSR count). The van der Waals surface area contributed by atoms with Crippen molar-refractivity contribution in [3.05, 3.63) is 81.0 Å². The highest BCUT2D eigenvalue weighted by molar-refractivity contribution is 5.79. The first kappa shape index (κ1) is 20.1. The minimum atomic E-state index is -0.475. The van der Waals surface area contributed by atoms with Crippen molar-refractivity contribution in [3.63, 3.8) is 0 Å². The fourth-order valence-electron chi connectivity index (χ4n) is 3.98. The van der Waals surface area contributed by atoms with Crippen LogP contribution >= 0.6 is 0 Å². The summed E-state index contributed by atoms with van der Waals surface area (Å²) in [5.41, 5.74) is 1.02. The number of rotatable bonds is 6. The van der Waals surface area contributed by atoms with Gasteiger partial charge in [-0.3, -0.25) is 24.0 Å². The van der Waals surface area contributed by atoms with Crippen molar-refractivity contribution in [1.82, 2.24) is 19.4 Å². The minimum absolute atomic E-state index is 0.0416. The molecule has 2 heterocycles. The summed E-state index contributed by atoms with van der Waals surface area (Å²) in [6, 6.07) is 17.4. The summed E-state index contributed by atoms with van der Waals surface area (Å²) in [4.78, 5) is 43.5. The molecule has 1 aliphatic rings. The number of aromatic nitrogens is 2. The molecule has 1 saturated heterocycles. The summed E-state index contributed by atoms with van der Waals surface area (Å²) in [6.07, 6.45) is 1.25. The lowest BCUT2D eigenvalue weighted by molar-refractivity contribution is -0.133. The van der Waals surface area contributed by atoms with Crippen LogP contribution in [-0.4, -0.2) is 58.0 Å². The van der Waals surface area contributed by atoms with Crippen molar-refractivity contribution in [2.24, 2.45) is 0 Å². The Labute approximate surface area is 174 Å². The van der Waals surface area contributed by atoms with E-state index in [-0.39, 0.29) is 18.9 Å². The Kier molecular flexibility index (Phi) is 6.09. The summed E-state index contributed by atoms with van der Waals surface area (Å²) < 4.78 is 1.48. The number of carbonyl (C=O) groups is 1. The van der Waals surface area contributed by atoms with E-state index in [1.54, 1.807) is 24.3 Å². The normalized spacial score (nSPS) is 14.9. The molecule has 0 atom stereocenters. The Morgan fingerprint density at radius 2 is 1.57 bits per heavy atom. The van der Waals surface area contributed by atoms with E-state index in [4.69, 9.17) is 0 Å². The van der Waals surface area contributed by atoms with Crippen molar-refractivity contribution in [2.75, 3.05) is 32.7 Å². The second-order valence-electron chi connectivity index (χ2n) is 7.64. The van der Waals surface area contributed by atoms with E-state index in [1.807, 2.05) is 11.0 Å². The summed E-state index contributed by atoms with van der Waals surface area (Å²) >= 11 is 0. The third kappa shape index (κ3) is 4.52. The van der Waals surface area contributed by atoms with E-state index in [1.165, 1.54) is 10.1 Å². The molecule has 1 N–H and O–H groups in total. The maximum atomic E-state index is 12.7. The molecule has 156 valence electrons. The number of nitrogens with zero attached hydrogens (tertiary/aromatic N) is 3. The molecule has 0 aliphatic carbocycles. The summed E-state index contributed by atoms with van der Waals surface area (Å²) in [6.45, 7) is 4.37. The van der Waals surface area contributed by atoms with Gasteiger partial charge >= 0.3 is 5.69 Å². The number of hydrogen-bond acceptors (Lipinski definition) is 4. The molecule has 7 heteroatoms. The Morgan fingerprint density at radius 1 is 0.867 bits per heavy atom. The van der Waals surface area contributed by atoms with Crippen molar-refractivity contribution >= 4 is 16.8 Å². The average Bonchev–Trinajstić information content (AvgIpc) is 2.78. The highest BCUT2D eigenvalue weighted by Crippen LogP contribution is 2.10. The lowest BCUT2D eigenvalue weighted by atomic mass is 10.1. The fraction of sp³-hybridized carbons (Fsp3) is 0.348. The number of aromatic amines is 1. The number of hydrogen-bond donors (Lipinski definition) is 1. The number of nitrogens with one attached hydrogen (secondary N) is 1. The van der Waals surface area contributed by atoms with Gasteiger partial charge in [-0.25, -0.2) is 4.79 Å². The molecule has 2 aromatic carbocycles. The van der Waals surface area contributed by atoms with Crippen LogP contribution in [0.5, 0.6) is 0 Å². The Balaban J connectivity index is 1.31. The van der Waals surface area contributed by atoms with Crippen molar-refractivity contribution < 1.29 is 4.79 Å². The van der Waals surface area contributed by atoms with E-state index < -0.39 is 11.2 Å². The second-order valence-corrected chi connectivity index (χ2v) is 7.64. The van der Waals surface area contributed by atoms with Crippen molar-refractivity contribution in [1.29, 1.82) is 0 Å². The van der Waals surface area contributed by atoms with Gasteiger partial charge in [-0.1, -0.05) is 42.5 Å². The first-order valence-electron chi connectivity index (χ1n) is 10.4. The van der Waals surface area contributed by atoms with E-state index in [0.717, 1.165) is 26.1 Å². The van der Waals surface area contributed by atoms with Crippen LogP contribution in [0.2, 0.25) is 0 Å². The van der Waals surface area contributed by atoms with Crippen LogP contribution in [0.4, 0.5) is 0 Å². The molecule has 1 aliphatic heterocycles. The van der Waals surface area contributed by atoms with Gasteiger partial charge < -0.3 is 4.90 Å². The molecule has 0 radical (unpaired) electrons. The first-order valence-corrected chi connectivity index (χ1v) is 10.4. The van der Waals surface area contributed by atoms with Crippen molar-refractivity contribution in [3.8, 4) is 0 Å². The SMILES string of the molecule is O=C(CCn1c(=O)[nH]c(=O)c2ccccc21)N1CCN(CCc2ccccc2)CC1. The van der Waals surface area contributed by atoms with Gasteiger partial charge in [0.25, 0.3) is 5.56 Å². The van der Waals surface area contributed by atoms with Gasteiger partial charge in [-0.15, -0.1) is 0 Å². The Hall–Kier alpha value is -3.19. The van der Waals surface area contributed by atoms with Gasteiger partial charge in [0.2, 0.25) is 5.91 Å². The topological polar surface area (TPSA) is 78.4 Å². The van der Waals surface area contributed by atoms with E-state index in [9.17, 15) is 14.4 Å². The molecule has 1 fully saturated rings. The lowest BCUT2D eigenvalue weighted by Crippen LogP contribution is -2.49. The van der Waals surface area contributed by atoms with Crippen LogP contribution in [0, 0.1) is 0 Å². The molecular formula is C23H26N4O3. The molecule has 3 aromatic rings. The first-order chi connectivity index (χ1) is 14.6. The number of benzene rings is 2. The number of para-hydroxylation sites is 1. The van der Waals surface area contributed by atoms with Crippen LogP contribution in [0.1, 0.15) is 12.0 Å². The zero-order valence-electron chi connectivity index (χ0n) is 16.9. The van der Waals surface area contributed by atoms with Crippen molar-refractivity contribution in [2.45, 2.75) is 19.4 Å². The maximum Gasteiger partial charge on any atom is 0.328 e. The molecule has 1 amide bonds. The van der Waals surface area contributed by atoms with Crippen LogP contribution in [-0.2, 0) is 17.8 Å². The predicted molar refractivity (Wildman–Crippen MR) is 117 cm³/mol. The highest BCUT2D eigenvalue weighted by atomic mass is 16.2. The number of amides is 1. The Morgan fingerprint density at radius 3 is 2.33 bits per heavy atom. The largest absolute Gasteiger partial charge is 0.340 e. The molecule has 30 heavy (non-hydrogen) atoms. The summed E-state index contributed by atoms with van der Waals surface area (Å²) in [5, 5.41) is 0.455. The summed E-state index contributed by atoms with van der Waals surface area (Å²) in [5.74, 6) is 0.0416. The minimum Gasteiger partial charge on any atom is -0.340 e. The molecule has 7 nitrogen and oxygen atoms in total. The zero-order valence-corrected chi connectivity index (χ0v) is 16.9. The molecule has 1 aromatic heterocycles. The Bertz CT molecular complexity index is 1130. The molecule has 0 unspecified atom stereocenters. The van der Waals surface area contributed by atoms with Gasteiger partial charge in [0, 0.05) is 45.7 Å². The van der Waals surface area contributed by atoms with Gasteiger partial charge in [0.1, 0.15) is 0 Å². The monoisotopic (exact) mass is 406 g/mol. The third-order valence-electron chi connectivity index (χ3n) is 5.74. The number of piperazine rings is 1. The number of aryl methyl sites for hydroxylation is 1. The van der Waals surface area contributed by atoms with Gasteiger partial charge in [-0.2, -0.15) is 0 Å². The quantitative estimate of drug-likeness (QED) is 0.672.